The van der Waals surface area contributed by atoms with Gasteiger partial charge in [-0.1, -0.05) is 30.3 Å². The maximum absolute atomic E-state index is 12.7. The molecule has 1 amide bonds. The minimum absolute atomic E-state index is 0.230. The number of nitrogens with one attached hydrogen (secondary N) is 1. The number of methoxy groups -OCH3 is 3. The van der Waals surface area contributed by atoms with Crippen molar-refractivity contribution in [3.63, 3.8) is 0 Å². The molecule has 0 aliphatic rings. The number of nitrogens with zero attached hydrogens (tertiary/aromatic N) is 1. The van der Waals surface area contributed by atoms with Crippen LogP contribution in [0.5, 0.6) is 23.0 Å². The minimum Gasteiger partial charge on any atom is -0.493 e. The van der Waals surface area contributed by atoms with Gasteiger partial charge in [0.2, 0.25) is 5.75 Å². The van der Waals surface area contributed by atoms with E-state index in [9.17, 15) is 9.59 Å². The summed E-state index contributed by atoms with van der Waals surface area (Å²) in [6.45, 7) is 0. The number of rotatable bonds is 8. The molecule has 1 N–H and O–H groups in total. The number of carbonyl (C=O) groups is 2. The molecule has 0 heterocycles. The van der Waals surface area contributed by atoms with Gasteiger partial charge in [0.05, 0.1) is 33.1 Å². The fourth-order valence-electron chi connectivity index (χ4n) is 2.84. The summed E-state index contributed by atoms with van der Waals surface area (Å²) in [6, 6.07) is 18.5. The summed E-state index contributed by atoms with van der Waals surface area (Å²) in [7, 11) is 4.41. The Bertz CT molecular complexity index is 1100. The Morgan fingerprint density at radius 2 is 1.50 bits per heavy atom. The Balaban J connectivity index is 1.70. The maximum Gasteiger partial charge on any atom is 0.343 e. The maximum atomic E-state index is 12.7. The monoisotopic (exact) mass is 434 g/mol. The molecule has 0 spiro atoms. The molecule has 0 saturated carbocycles. The van der Waals surface area contributed by atoms with Gasteiger partial charge >= 0.3 is 5.97 Å². The van der Waals surface area contributed by atoms with Crippen molar-refractivity contribution in [1.82, 2.24) is 5.43 Å². The van der Waals surface area contributed by atoms with Crippen LogP contribution in [0.2, 0.25) is 0 Å². The molecule has 8 nitrogen and oxygen atoms in total. The third kappa shape index (κ3) is 5.42. The Labute approximate surface area is 185 Å². The Morgan fingerprint density at radius 3 is 2.12 bits per heavy atom. The number of hydrogen-bond donors (Lipinski definition) is 1. The second-order valence-electron chi connectivity index (χ2n) is 6.44. The molecule has 0 aliphatic heterocycles. The highest BCUT2D eigenvalue weighted by Crippen LogP contribution is 2.38. The minimum atomic E-state index is -0.601. The Kier molecular flexibility index (Phi) is 7.42. The van der Waals surface area contributed by atoms with E-state index in [1.165, 1.54) is 39.7 Å². The van der Waals surface area contributed by atoms with Gasteiger partial charge in [-0.15, -0.1) is 0 Å². The summed E-state index contributed by atoms with van der Waals surface area (Å²) in [5, 5.41) is 3.95. The summed E-state index contributed by atoms with van der Waals surface area (Å²) < 4.78 is 21.3. The predicted octanol–water partition coefficient (Wildman–Crippen LogP) is 3.70. The smallest absolute Gasteiger partial charge is 0.343 e. The lowest BCUT2D eigenvalue weighted by atomic mass is 10.1. The van der Waals surface area contributed by atoms with E-state index in [4.69, 9.17) is 18.9 Å². The zero-order chi connectivity index (χ0) is 22.9. The standard InChI is InChI=1S/C24H22N2O6/c1-29-20-13-18(14-21(30-2)22(20)31-3)24(28)32-19-11-7-8-16(12-19)15-25-26-23(27)17-9-5-4-6-10-17/h4-15H,1-3H3,(H,26,27)/b25-15+. The van der Waals surface area contributed by atoms with Crippen LogP contribution in [-0.2, 0) is 0 Å². The van der Waals surface area contributed by atoms with E-state index in [0.29, 0.717) is 34.1 Å². The Hall–Kier alpha value is -4.33. The average Bonchev–Trinajstić information content (AvgIpc) is 2.83. The van der Waals surface area contributed by atoms with Crippen LogP contribution in [0.1, 0.15) is 26.3 Å². The van der Waals surface area contributed by atoms with Crippen molar-refractivity contribution >= 4 is 18.1 Å². The zero-order valence-electron chi connectivity index (χ0n) is 17.8. The fraction of sp³-hybridized carbons (Fsp3) is 0.125. The number of amides is 1. The van der Waals surface area contributed by atoms with Crippen LogP contribution in [0, 0.1) is 0 Å². The molecule has 0 aliphatic carbocycles. The Morgan fingerprint density at radius 1 is 0.812 bits per heavy atom. The number of hydrogen-bond acceptors (Lipinski definition) is 7. The quantitative estimate of drug-likeness (QED) is 0.251. The van der Waals surface area contributed by atoms with Crippen LogP contribution in [0.4, 0.5) is 0 Å². The van der Waals surface area contributed by atoms with Crippen molar-refractivity contribution in [2.45, 2.75) is 0 Å². The number of hydrazone groups is 1. The molecule has 0 unspecified atom stereocenters. The molecule has 0 radical (unpaired) electrons. The second-order valence-corrected chi connectivity index (χ2v) is 6.44. The lowest BCUT2D eigenvalue weighted by Crippen LogP contribution is -2.17. The lowest BCUT2D eigenvalue weighted by Gasteiger charge is -2.13. The highest BCUT2D eigenvalue weighted by molar-refractivity contribution is 5.95. The first-order valence-electron chi connectivity index (χ1n) is 9.56. The normalized spacial score (nSPS) is 10.5. The number of ether oxygens (including phenoxy) is 4. The summed E-state index contributed by atoms with van der Waals surface area (Å²) in [5.41, 5.74) is 3.81. The van der Waals surface area contributed by atoms with Crippen LogP contribution in [0.25, 0.3) is 0 Å². The highest BCUT2D eigenvalue weighted by atomic mass is 16.5. The molecule has 0 atom stereocenters. The molecule has 3 rings (SSSR count). The molecule has 32 heavy (non-hydrogen) atoms. The first-order valence-corrected chi connectivity index (χ1v) is 9.56. The van der Waals surface area contributed by atoms with Gasteiger partial charge in [0.25, 0.3) is 5.91 Å². The molecule has 164 valence electrons. The van der Waals surface area contributed by atoms with Crippen molar-refractivity contribution < 1.29 is 28.5 Å². The van der Waals surface area contributed by atoms with Gasteiger partial charge in [0.1, 0.15) is 5.75 Å². The van der Waals surface area contributed by atoms with E-state index in [1.807, 2.05) is 6.07 Å². The van der Waals surface area contributed by atoms with E-state index in [0.717, 1.165) is 0 Å². The number of benzene rings is 3. The van der Waals surface area contributed by atoms with Crippen molar-refractivity contribution in [1.29, 1.82) is 0 Å². The van der Waals surface area contributed by atoms with Gasteiger partial charge < -0.3 is 18.9 Å². The number of esters is 1. The van der Waals surface area contributed by atoms with Crippen molar-refractivity contribution in [3.05, 3.63) is 83.4 Å². The molecule has 0 fully saturated rings. The van der Waals surface area contributed by atoms with E-state index in [2.05, 4.69) is 10.5 Å². The molecular formula is C24H22N2O6. The summed E-state index contributed by atoms with van der Waals surface area (Å²) in [4.78, 5) is 24.7. The van der Waals surface area contributed by atoms with Gasteiger partial charge in [-0.05, 0) is 42.0 Å². The average molecular weight is 434 g/mol. The van der Waals surface area contributed by atoms with Crippen molar-refractivity contribution in [3.8, 4) is 23.0 Å². The molecule has 8 heteroatoms. The van der Waals surface area contributed by atoms with Crippen LogP contribution in [0.3, 0.4) is 0 Å². The van der Waals surface area contributed by atoms with Crippen LogP contribution >= 0.6 is 0 Å². The first-order chi connectivity index (χ1) is 15.5. The van der Waals surface area contributed by atoms with Gasteiger partial charge in [-0.3, -0.25) is 4.79 Å². The fourth-order valence-corrected chi connectivity index (χ4v) is 2.84. The van der Waals surface area contributed by atoms with E-state index in [-0.39, 0.29) is 11.5 Å². The molecule has 3 aromatic rings. The molecule has 0 saturated heterocycles. The largest absolute Gasteiger partial charge is 0.493 e. The second kappa shape index (κ2) is 10.6. The molecular weight excluding hydrogens is 412 g/mol. The van der Waals surface area contributed by atoms with Gasteiger partial charge in [0, 0.05) is 5.56 Å². The van der Waals surface area contributed by atoms with E-state index in [1.54, 1.807) is 48.5 Å². The van der Waals surface area contributed by atoms with Crippen molar-refractivity contribution in [2.24, 2.45) is 5.10 Å². The topological polar surface area (TPSA) is 95.5 Å². The highest BCUT2D eigenvalue weighted by Gasteiger charge is 2.18. The van der Waals surface area contributed by atoms with Gasteiger partial charge in [-0.2, -0.15) is 5.10 Å². The SMILES string of the molecule is COc1cc(C(=O)Oc2cccc(/C=N/NC(=O)c3ccccc3)c2)cc(OC)c1OC. The molecule has 0 bridgehead atoms. The summed E-state index contributed by atoms with van der Waals surface area (Å²) in [5.74, 6) is 0.439. The molecule has 3 aromatic carbocycles. The third-order valence-electron chi connectivity index (χ3n) is 4.38. The van der Waals surface area contributed by atoms with Gasteiger partial charge in [0.15, 0.2) is 11.5 Å². The van der Waals surface area contributed by atoms with Crippen LogP contribution < -0.4 is 24.4 Å². The number of carbonyl (C=O) groups excluding carboxylic acids is 2. The van der Waals surface area contributed by atoms with E-state index >= 15 is 0 Å². The summed E-state index contributed by atoms with van der Waals surface area (Å²) >= 11 is 0. The molecule has 0 aromatic heterocycles. The van der Waals surface area contributed by atoms with Gasteiger partial charge in [-0.25, -0.2) is 10.2 Å². The van der Waals surface area contributed by atoms with Crippen LogP contribution in [0.15, 0.2) is 71.8 Å². The predicted molar refractivity (Wildman–Crippen MR) is 119 cm³/mol. The first kappa shape index (κ1) is 22.4. The zero-order valence-corrected chi connectivity index (χ0v) is 17.8. The summed E-state index contributed by atoms with van der Waals surface area (Å²) in [6.07, 6.45) is 1.46. The third-order valence-corrected chi connectivity index (χ3v) is 4.38. The van der Waals surface area contributed by atoms with E-state index < -0.39 is 5.97 Å². The lowest BCUT2D eigenvalue weighted by molar-refractivity contribution is 0.0733. The van der Waals surface area contributed by atoms with Crippen molar-refractivity contribution in [2.75, 3.05) is 21.3 Å². The van der Waals surface area contributed by atoms with Crippen LogP contribution in [-0.4, -0.2) is 39.4 Å².